The van der Waals surface area contributed by atoms with E-state index in [2.05, 4.69) is 15.1 Å². The summed E-state index contributed by atoms with van der Waals surface area (Å²) in [4.78, 5) is 16.2. The van der Waals surface area contributed by atoms with Crippen LogP contribution in [0.25, 0.3) is 11.3 Å². The van der Waals surface area contributed by atoms with Crippen LogP contribution in [0, 0.1) is 0 Å². The molecule has 1 aliphatic heterocycles. The predicted molar refractivity (Wildman–Crippen MR) is 83.5 cm³/mol. The molecule has 0 spiro atoms. The number of nitrogens with one attached hydrogen (secondary N) is 1. The molecule has 1 aromatic carbocycles. The number of benzene rings is 1. The molecule has 0 aliphatic carbocycles. The van der Waals surface area contributed by atoms with Crippen LogP contribution in [-0.4, -0.2) is 48.2 Å². The average Bonchev–Trinajstić information content (AvgIpc) is 3.18. The molecule has 0 radical (unpaired) electrons. The van der Waals surface area contributed by atoms with Crippen molar-refractivity contribution >= 4 is 11.6 Å². The maximum absolute atomic E-state index is 12.3. The van der Waals surface area contributed by atoms with Crippen molar-refractivity contribution in [2.45, 2.75) is 12.8 Å². The largest absolute Gasteiger partial charge is 0.378 e. The topological polar surface area (TPSA) is 52.2 Å². The number of aromatic nitrogens is 2. The maximum Gasteiger partial charge on any atom is 0.271 e. The molecule has 110 valence electrons. The summed E-state index contributed by atoms with van der Waals surface area (Å²) >= 11 is 0. The van der Waals surface area contributed by atoms with E-state index in [0.29, 0.717) is 5.69 Å². The van der Waals surface area contributed by atoms with Crippen LogP contribution in [0.4, 0.5) is 5.69 Å². The Labute approximate surface area is 124 Å². The highest BCUT2D eigenvalue weighted by Crippen LogP contribution is 2.22. The number of aromatic amines is 1. The smallest absolute Gasteiger partial charge is 0.271 e. The fraction of sp³-hybridized carbons (Fsp3) is 0.375. The molecule has 1 N–H and O–H groups in total. The second kappa shape index (κ2) is 5.60. The number of likely N-dealkylation sites (tertiary alicyclic amines) is 1. The van der Waals surface area contributed by atoms with Gasteiger partial charge in [-0.3, -0.25) is 9.89 Å². The maximum atomic E-state index is 12.3. The van der Waals surface area contributed by atoms with E-state index in [9.17, 15) is 4.79 Å². The van der Waals surface area contributed by atoms with Crippen LogP contribution in [0.3, 0.4) is 0 Å². The minimum absolute atomic E-state index is 0.0520. The van der Waals surface area contributed by atoms with E-state index in [1.807, 2.05) is 49.3 Å². The van der Waals surface area contributed by atoms with Gasteiger partial charge in [0, 0.05) is 38.4 Å². The molecule has 1 aromatic heterocycles. The fourth-order valence-electron chi connectivity index (χ4n) is 2.60. The molecule has 1 saturated heterocycles. The van der Waals surface area contributed by atoms with E-state index < -0.39 is 0 Å². The molecule has 5 heteroatoms. The summed E-state index contributed by atoms with van der Waals surface area (Å²) < 4.78 is 0. The van der Waals surface area contributed by atoms with Gasteiger partial charge < -0.3 is 9.80 Å². The lowest BCUT2D eigenvalue weighted by Crippen LogP contribution is -2.27. The molecule has 1 fully saturated rings. The second-order valence-corrected chi connectivity index (χ2v) is 5.61. The molecule has 1 aliphatic rings. The minimum atomic E-state index is 0.0520. The Bertz CT molecular complexity index is 624. The van der Waals surface area contributed by atoms with Gasteiger partial charge in [-0.2, -0.15) is 5.10 Å². The first-order chi connectivity index (χ1) is 10.1. The van der Waals surface area contributed by atoms with Gasteiger partial charge in [-0.05, 0) is 31.0 Å². The summed E-state index contributed by atoms with van der Waals surface area (Å²) in [6, 6.07) is 9.98. The van der Waals surface area contributed by atoms with E-state index in [4.69, 9.17) is 0 Å². The first-order valence-corrected chi connectivity index (χ1v) is 7.27. The zero-order valence-electron chi connectivity index (χ0n) is 12.5. The molecular weight excluding hydrogens is 264 g/mol. The first kappa shape index (κ1) is 13.7. The molecule has 1 amide bonds. The zero-order valence-corrected chi connectivity index (χ0v) is 12.5. The van der Waals surface area contributed by atoms with Crippen molar-refractivity contribution in [2.75, 3.05) is 32.1 Å². The Hall–Kier alpha value is -2.30. The van der Waals surface area contributed by atoms with Crippen molar-refractivity contribution in [3.63, 3.8) is 0 Å². The van der Waals surface area contributed by atoms with Crippen LogP contribution in [0.2, 0.25) is 0 Å². The molecule has 5 nitrogen and oxygen atoms in total. The average molecular weight is 284 g/mol. The fourth-order valence-corrected chi connectivity index (χ4v) is 2.60. The number of hydrogen-bond acceptors (Lipinski definition) is 3. The first-order valence-electron chi connectivity index (χ1n) is 7.27. The number of carbonyl (C=O) groups excluding carboxylic acids is 1. The Morgan fingerprint density at radius 2 is 1.86 bits per heavy atom. The van der Waals surface area contributed by atoms with E-state index in [0.717, 1.165) is 42.9 Å². The highest BCUT2D eigenvalue weighted by Gasteiger charge is 2.21. The number of anilines is 1. The van der Waals surface area contributed by atoms with Gasteiger partial charge >= 0.3 is 0 Å². The molecular formula is C16H20N4O. The Morgan fingerprint density at radius 1 is 1.19 bits per heavy atom. The molecule has 3 rings (SSSR count). The van der Waals surface area contributed by atoms with Crippen LogP contribution < -0.4 is 4.90 Å². The lowest BCUT2D eigenvalue weighted by Gasteiger charge is -2.13. The molecule has 0 unspecified atom stereocenters. The van der Waals surface area contributed by atoms with Gasteiger partial charge in [0.1, 0.15) is 5.69 Å². The van der Waals surface area contributed by atoms with Crippen molar-refractivity contribution in [1.82, 2.24) is 15.1 Å². The zero-order chi connectivity index (χ0) is 14.8. The van der Waals surface area contributed by atoms with Gasteiger partial charge in [0.15, 0.2) is 0 Å². The highest BCUT2D eigenvalue weighted by molar-refractivity contribution is 5.93. The Balaban J connectivity index is 1.79. The van der Waals surface area contributed by atoms with Crippen molar-refractivity contribution in [3.05, 3.63) is 36.0 Å². The normalized spacial score (nSPS) is 14.5. The Morgan fingerprint density at radius 3 is 2.48 bits per heavy atom. The van der Waals surface area contributed by atoms with Gasteiger partial charge in [0.05, 0.1) is 5.69 Å². The standard InChI is InChI=1S/C16H20N4O/c1-19(2)13-7-5-12(6-8-13)14-11-15(18-17-14)16(21)20-9-3-4-10-20/h5-8,11H,3-4,9-10H2,1-2H3,(H,17,18). The van der Waals surface area contributed by atoms with Gasteiger partial charge in [-0.15, -0.1) is 0 Å². The van der Waals surface area contributed by atoms with Crippen molar-refractivity contribution in [3.8, 4) is 11.3 Å². The molecule has 2 heterocycles. The van der Waals surface area contributed by atoms with Gasteiger partial charge in [-0.1, -0.05) is 12.1 Å². The van der Waals surface area contributed by atoms with E-state index in [1.165, 1.54) is 0 Å². The molecule has 2 aromatic rings. The van der Waals surface area contributed by atoms with Crippen LogP contribution >= 0.6 is 0 Å². The number of hydrogen-bond donors (Lipinski definition) is 1. The summed E-state index contributed by atoms with van der Waals surface area (Å²) in [5, 5.41) is 7.13. The van der Waals surface area contributed by atoms with E-state index in [1.54, 1.807) is 0 Å². The lowest BCUT2D eigenvalue weighted by atomic mass is 10.1. The summed E-state index contributed by atoms with van der Waals surface area (Å²) in [5.74, 6) is 0.0520. The summed E-state index contributed by atoms with van der Waals surface area (Å²) in [5.41, 5.74) is 3.53. The quantitative estimate of drug-likeness (QED) is 0.941. The molecule has 0 saturated carbocycles. The predicted octanol–water partition coefficient (Wildman–Crippen LogP) is 2.38. The highest BCUT2D eigenvalue weighted by atomic mass is 16.2. The monoisotopic (exact) mass is 284 g/mol. The van der Waals surface area contributed by atoms with Crippen LogP contribution in [0.1, 0.15) is 23.3 Å². The van der Waals surface area contributed by atoms with E-state index >= 15 is 0 Å². The van der Waals surface area contributed by atoms with Crippen LogP contribution in [0.5, 0.6) is 0 Å². The van der Waals surface area contributed by atoms with Gasteiger partial charge in [0.2, 0.25) is 0 Å². The number of amides is 1. The van der Waals surface area contributed by atoms with Crippen LogP contribution in [-0.2, 0) is 0 Å². The van der Waals surface area contributed by atoms with Crippen molar-refractivity contribution in [1.29, 1.82) is 0 Å². The number of rotatable bonds is 3. The number of carbonyl (C=O) groups is 1. The molecule has 0 bridgehead atoms. The summed E-state index contributed by atoms with van der Waals surface area (Å²) in [6.45, 7) is 1.70. The van der Waals surface area contributed by atoms with E-state index in [-0.39, 0.29) is 5.91 Å². The third-order valence-electron chi connectivity index (χ3n) is 3.88. The number of nitrogens with zero attached hydrogens (tertiary/aromatic N) is 3. The lowest BCUT2D eigenvalue weighted by molar-refractivity contribution is 0.0787. The number of H-pyrrole nitrogens is 1. The van der Waals surface area contributed by atoms with Gasteiger partial charge in [0.25, 0.3) is 5.91 Å². The molecule has 21 heavy (non-hydrogen) atoms. The van der Waals surface area contributed by atoms with Crippen molar-refractivity contribution in [2.24, 2.45) is 0 Å². The minimum Gasteiger partial charge on any atom is -0.378 e. The summed E-state index contributed by atoms with van der Waals surface area (Å²) in [7, 11) is 4.02. The molecule has 0 atom stereocenters. The van der Waals surface area contributed by atoms with Gasteiger partial charge in [-0.25, -0.2) is 0 Å². The third-order valence-corrected chi connectivity index (χ3v) is 3.88. The van der Waals surface area contributed by atoms with Crippen molar-refractivity contribution < 1.29 is 4.79 Å². The van der Waals surface area contributed by atoms with Crippen LogP contribution in [0.15, 0.2) is 30.3 Å². The Kier molecular flexibility index (Phi) is 3.64. The second-order valence-electron chi connectivity index (χ2n) is 5.61. The summed E-state index contributed by atoms with van der Waals surface area (Å²) in [6.07, 6.45) is 2.19. The SMILES string of the molecule is CN(C)c1ccc(-c2cc(C(=O)N3CCCC3)[nH]n2)cc1. The third kappa shape index (κ3) is 2.77.